The number of hydrogen-bond acceptors (Lipinski definition) is 1. The zero-order valence-electron chi connectivity index (χ0n) is 10.1. The molecule has 2 rings (SSSR count). The van der Waals surface area contributed by atoms with Gasteiger partial charge < -0.3 is 4.74 Å². The molecule has 0 fully saturated rings. The Morgan fingerprint density at radius 2 is 2.00 bits per heavy atom. The molecule has 1 nitrogen and oxygen atoms in total. The summed E-state index contributed by atoms with van der Waals surface area (Å²) in [6.07, 6.45) is 4.99. The van der Waals surface area contributed by atoms with Crippen molar-refractivity contribution in [2.24, 2.45) is 0 Å². The summed E-state index contributed by atoms with van der Waals surface area (Å²) in [5.41, 5.74) is 2.78. The number of aryl methyl sites for hydroxylation is 1. The van der Waals surface area contributed by atoms with Crippen molar-refractivity contribution in [3.63, 3.8) is 0 Å². The van der Waals surface area contributed by atoms with Crippen LogP contribution in [0.25, 0.3) is 0 Å². The number of ether oxygens (including phenoxy) is 1. The lowest BCUT2D eigenvalue weighted by atomic mass is 9.91. The highest BCUT2D eigenvalue weighted by molar-refractivity contribution is 9.09. The van der Waals surface area contributed by atoms with E-state index in [4.69, 9.17) is 4.74 Å². The van der Waals surface area contributed by atoms with Crippen LogP contribution in [0.15, 0.2) is 18.2 Å². The van der Waals surface area contributed by atoms with E-state index < -0.39 is 0 Å². The van der Waals surface area contributed by atoms with Crippen molar-refractivity contribution >= 4 is 15.9 Å². The van der Waals surface area contributed by atoms with E-state index in [1.165, 1.54) is 36.8 Å². The third-order valence-corrected chi connectivity index (χ3v) is 4.41. The summed E-state index contributed by atoms with van der Waals surface area (Å²) in [5, 5.41) is 0.851. The van der Waals surface area contributed by atoms with Crippen LogP contribution < -0.4 is 4.74 Å². The summed E-state index contributed by atoms with van der Waals surface area (Å²) in [7, 11) is 0. The van der Waals surface area contributed by atoms with Gasteiger partial charge in [-0.15, -0.1) is 0 Å². The third-order valence-electron chi connectivity index (χ3n) is 3.06. The normalized spacial score (nSPS) is 15.7. The van der Waals surface area contributed by atoms with Crippen molar-refractivity contribution < 1.29 is 4.74 Å². The van der Waals surface area contributed by atoms with Crippen molar-refractivity contribution in [1.29, 1.82) is 0 Å². The van der Waals surface area contributed by atoms with Gasteiger partial charge in [0, 0.05) is 5.33 Å². The lowest BCUT2D eigenvalue weighted by Crippen LogP contribution is -2.30. The number of alkyl halides is 1. The van der Waals surface area contributed by atoms with Gasteiger partial charge in [-0.2, -0.15) is 0 Å². The zero-order valence-corrected chi connectivity index (χ0v) is 11.6. The van der Waals surface area contributed by atoms with Gasteiger partial charge in [0.2, 0.25) is 0 Å². The van der Waals surface area contributed by atoms with Gasteiger partial charge in [0.15, 0.2) is 0 Å². The lowest BCUT2D eigenvalue weighted by molar-refractivity contribution is 0.135. The van der Waals surface area contributed by atoms with Crippen LogP contribution in [0.1, 0.15) is 37.8 Å². The monoisotopic (exact) mass is 282 g/mol. The quantitative estimate of drug-likeness (QED) is 0.758. The maximum Gasteiger partial charge on any atom is 0.123 e. The molecule has 0 spiro atoms. The Balaban J connectivity index is 2.27. The summed E-state index contributed by atoms with van der Waals surface area (Å²) in [6.45, 7) is 4.23. The molecule has 0 radical (unpaired) electrons. The van der Waals surface area contributed by atoms with Crippen LogP contribution in [0, 0.1) is 0 Å². The van der Waals surface area contributed by atoms with Gasteiger partial charge in [0.1, 0.15) is 11.4 Å². The maximum absolute atomic E-state index is 6.10. The first-order chi connectivity index (χ1) is 7.62. The average Bonchev–Trinajstić information content (AvgIpc) is 2.29. The average molecular weight is 283 g/mol. The van der Waals surface area contributed by atoms with Gasteiger partial charge in [-0.3, -0.25) is 0 Å². The zero-order chi connectivity index (χ0) is 11.6. The van der Waals surface area contributed by atoms with E-state index in [1.54, 1.807) is 0 Å². The SMILES string of the molecule is CC(C)(CBr)Oc1cccc2c1CCCC2. The van der Waals surface area contributed by atoms with Crippen LogP contribution in [0.2, 0.25) is 0 Å². The van der Waals surface area contributed by atoms with Crippen LogP contribution in [0.4, 0.5) is 0 Å². The molecular formula is C14H19BrO. The van der Waals surface area contributed by atoms with Crippen molar-refractivity contribution in [3.05, 3.63) is 29.3 Å². The molecule has 0 aromatic heterocycles. The van der Waals surface area contributed by atoms with Crippen molar-refractivity contribution in [3.8, 4) is 5.75 Å². The number of hydrogen-bond donors (Lipinski definition) is 0. The summed E-state index contributed by atoms with van der Waals surface area (Å²) < 4.78 is 6.10. The van der Waals surface area contributed by atoms with Gasteiger partial charge in [0.05, 0.1) is 0 Å². The number of benzene rings is 1. The third kappa shape index (κ3) is 2.60. The Kier molecular flexibility index (Phi) is 3.58. The Morgan fingerprint density at radius 1 is 1.25 bits per heavy atom. The number of fused-ring (bicyclic) bond motifs is 1. The van der Waals surface area contributed by atoms with Gasteiger partial charge in [-0.05, 0) is 56.7 Å². The summed E-state index contributed by atoms with van der Waals surface area (Å²) in [6, 6.07) is 6.46. The highest BCUT2D eigenvalue weighted by atomic mass is 79.9. The first-order valence-electron chi connectivity index (χ1n) is 5.98. The molecule has 88 valence electrons. The molecule has 2 heteroatoms. The Bertz CT molecular complexity index is 371. The standard InChI is InChI=1S/C14H19BrO/c1-14(2,10-15)16-13-9-5-7-11-6-3-4-8-12(11)13/h5,7,9H,3-4,6,8,10H2,1-2H3. The van der Waals surface area contributed by atoms with Crippen molar-refractivity contribution in [2.75, 3.05) is 5.33 Å². The highest BCUT2D eigenvalue weighted by Crippen LogP contribution is 2.32. The molecule has 16 heavy (non-hydrogen) atoms. The topological polar surface area (TPSA) is 9.23 Å². The molecular weight excluding hydrogens is 264 g/mol. The Morgan fingerprint density at radius 3 is 2.75 bits per heavy atom. The van der Waals surface area contributed by atoms with Gasteiger partial charge in [-0.1, -0.05) is 28.1 Å². The Labute approximate surface area is 106 Å². The second kappa shape index (κ2) is 4.79. The molecule has 0 N–H and O–H groups in total. The molecule has 1 aliphatic rings. The van der Waals surface area contributed by atoms with Crippen LogP contribution in [-0.2, 0) is 12.8 Å². The first kappa shape index (κ1) is 12.0. The largest absolute Gasteiger partial charge is 0.487 e. The summed E-state index contributed by atoms with van der Waals surface area (Å²) in [5.74, 6) is 1.08. The summed E-state index contributed by atoms with van der Waals surface area (Å²) in [4.78, 5) is 0. The number of halogens is 1. The fraction of sp³-hybridized carbons (Fsp3) is 0.571. The van der Waals surface area contributed by atoms with Crippen molar-refractivity contribution in [2.45, 2.75) is 45.1 Å². The molecule has 0 heterocycles. The van der Waals surface area contributed by atoms with Gasteiger partial charge in [0.25, 0.3) is 0 Å². The van der Waals surface area contributed by atoms with E-state index in [0.29, 0.717) is 0 Å². The fourth-order valence-corrected chi connectivity index (χ4v) is 2.28. The molecule has 1 aliphatic carbocycles. The highest BCUT2D eigenvalue weighted by Gasteiger charge is 2.21. The first-order valence-corrected chi connectivity index (χ1v) is 7.10. The molecule has 0 atom stereocenters. The molecule has 0 unspecified atom stereocenters. The van der Waals surface area contributed by atoms with E-state index in [1.807, 2.05) is 0 Å². The van der Waals surface area contributed by atoms with Crippen LogP contribution >= 0.6 is 15.9 Å². The molecule has 1 aromatic rings. The maximum atomic E-state index is 6.10. The van der Waals surface area contributed by atoms with E-state index in [2.05, 4.69) is 48.0 Å². The molecule has 0 saturated heterocycles. The minimum absolute atomic E-state index is 0.132. The molecule has 0 saturated carbocycles. The minimum atomic E-state index is -0.132. The summed E-state index contributed by atoms with van der Waals surface area (Å²) >= 11 is 3.50. The van der Waals surface area contributed by atoms with Gasteiger partial charge in [-0.25, -0.2) is 0 Å². The van der Waals surface area contributed by atoms with Crippen LogP contribution in [-0.4, -0.2) is 10.9 Å². The van der Waals surface area contributed by atoms with Gasteiger partial charge >= 0.3 is 0 Å². The molecule has 0 amide bonds. The van der Waals surface area contributed by atoms with E-state index in [0.717, 1.165) is 11.1 Å². The van der Waals surface area contributed by atoms with Crippen molar-refractivity contribution in [1.82, 2.24) is 0 Å². The van der Waals surface area contributed by atoms with Crippen LogP contribution in [0.5, 0.6) is 5.75 Å². The van der Waals surface area contributed by atoms with Crippen LogP contribution in [0.3, 0.4) is 0 Å². The number of rotatable bonds is 3. The Hall–Kier alpha value is -0.500. The minimum Gasteiger partial charge on any atom is -0.487 e. The molecule has 0 aliphatic heterocycles. The predicted octanol–water partition coefficient (Wildman–Crippen LogP) is 4.12. The second-order valence-corrected chi connectivity index (χ2v) is 5.66. The fourth-order valence-electron chi connectivity index (χ4n) is 2.17. The van der Waals surface area contributed by atoms with E-state index in [-0.39, 0.29) is 5.60 Å². The van der Waals surface area contributed by atoms with E-state index in [9.17, 15) is 0 Å². The molecule has 1 aromatic carbocycles. The smallest absolute Gasteiger partial charge is 0.123 e. The van der Waals surface area contributed by atoms with E-state index >= 15 is 0 Å². The lowest BCUT2D eigenvalue weighted by Gasteiger charge is -2.27. The second-order valence-electron chi connectivity index (χ2n) is 5.10. The molecule has 0 bridgehead atoms. The predicted molar refractivity (Wildman–Crippen MR) is 71.6 cm³/mol.